The second-order valence-electron chi connectivity index (χ2n) is 5.06. The molecule has 0 radical (unpaired) electrons. The number of aromatic hydroxyl groups is 1. The fourth-order valence-electron chi connectivity index (χ4n) is 1.87. The van der Waals surface area contributed by atoms with Crippen LogP contribution in [0.3, 0.4) is 0 Å². The predicted molar refractivity (Wildman–Crippen MR) is 99.2 cm³/mol. The van der Waals surface area contributed by atoms with E-state index in [1.54, 1.807) is 12.1 Å². The smallest absolute Gasteiger partial charge is 0.416 e. The Hall–Kier alpha value is -2.07. The first-order valence-electron chi connectivity index (χ1n) is 7.08. The van der Waals surface area contributed by atoms with E-state index in [0.29, 0.717) is 14.5 Å². The van der Waals surface area contributed by atoms with Gasteiger partial charge >= 0.3 is 6.18 Å². The first-order valence-corrected chi connectivity index (χ1v) is 8.66. The van der Waals surface area contributed by atoms with Gasteiger partial charge in [0, 0.05) is 5.69 Å². The summed E-state index contributed by atoms with van der Waals surface area (Å²) in [6, 6.07) is 7.73. The molecule has 3 N–H and O–H groups in total. The van der Waals surface area contributed by atoms with E-state index in [2.05, 4.69) is 47.7 Å². The molecule has 0 unspecified atom stereocenters. The molecule has 0 heterocycles. The lowest BCUT2D eigenvalue weighted by Crippen LogP contribution is -2.26. The van der Waals surface area contributed by atoms with E-state index in [0.717, 1.165) is 12.1 Å². The van der Waals surface area contributed by atoms with Crippen molar-refractivity contribution in [2.45, 2.75) is 6.18 Å². The lowest BCUT2D eigenvalue weighted by molar-refractivity contribution is -0.137. The van der Waals surface area contributed by atoms with Crippen molar-refractivity contribution in [3.63, 3.8) is 0 Å². The molecule has 10 heteroatoms. The van der Waals surface area contributed by atoms with Crippen molar-refractivity contribution in [3.8, 4) is 5.75 Å². The number of hydrazone groups is 1. The van der Waals surface area contributed by atoms with E-state index in [1.807, 2.05) is 0 Å². The van der Waals surface area contributed by atoms with Gasteiger partial charge in [-0.3, -0.25) is 4.79 Å². The summed E-state index contributed by atoms with van der Waals surface area (Å²) in [6.45, 7) is -0.248. The number of rotatable bonds is 5. The number of amides is 1. The highest BCUT2D eigenvalue weighted by molar-refractivity contribution is 9.11. The highest BCUT2D eigenvalue weighted by Crippen LogP contribution is 2.33. The van der Waals surface area contributed by atoms with Crippen LogP contribution in [0.1, 0.15) is 11.1 Å². The summed E-state index contributed by atoms with van der Waals surface area (Å²) in [4.78, 5) is 11.7. The van der Waals surface area contributed by atoms with Crippen molar-refractivity contribution in [1.82, 2.24) is 5.43 Å². The van der Waals surface area contributed by atoms with Gasteiger partial charge in [0.25, 0.3) is 5.91 Å². The molecule has 0 saturated heterocycles. The quantitative estimate of drug-likeness (QED) is 0.423. The number of nitrogens with zero attached hydrogens (tertiary/aromatic N) is 1. The molecule has 0 aromatic heterocycles. The maximum atomic E-state index is 12.6. The van der Waals surface area contributed by atoms with Gasteiger partial charge in [-0.1, -0.05) is 6.07 Å². The monoisotopic (exact) mass is 493 g/mol. The van der Waals surface area contributed by atoms with Gasteiger partial charge in [0.1, 0.15) is 5.75 Å². The lowest BCUT2D eigenvalue weighted by atomic mass is 10.2. The van der Waals surface area contributed by atoms with Gasteiger partial charge < -0.3 is 10.4 Å². The average molecular weight is 495 g/mol. The minimum atomic E-state index is -4.45. The topological polar surface area (TPSA) is 73.7 Å². The van der Waals surface area contributed by atoms with E-state index >= 15 is 0 Å². The van der Waals surface area contributed by atoms with Crippen LogP contribution in [0.5, 0.6) is 5.75 Å². The van der Waals surface area contributed by atoms with Crippen LogP contribution in [0, 0.1) is 0 Å². The largest absolute Gasteiger partial charge is 0.506 e. The minimum Gasteiger partial charge on any atom is -0.506 e. The summed E-state index contributed by atoms with van der Waals surface area (Å²) < 4.78 is 38.8. The summed E-state index contributed by atoms with van der Waals surface area (Å²) in [6.07, 6.45) is -3.09. The molecule has 0 aliphatic rings. The van der Waals surface area contributed by atoms with Crippen molar-refractivity contribution in [3.05, 3.63) is 56.5 Å². The Kier molecular flexibility index (Phi) is 6.65. The first-order chi connectivity index (χ1) is 12.2. The number of anilines is 1. The van der Waals surface area contributed by atoms with Gasteiger partial charge in [-0.15, -0.1) is 0 Å². The number of carbonyl (C=O) groups excluding carboxylic acids is 1. The second kappa shape index (κ2) is 8.54. The highest BCUT2D eigenvalue weighted by atomic mass is 79.9. The Morgan fingerprint density at radius 2 is 1.85 bits per heavy atom. The number of nitrogens with one attached hydrogen (secondary N) is 2. The van der Waals surface area contributed by atoms with Crippen molar-refractivity contribution >= 4 is 49.7 Å². The zero-order valence-corrected chi connectivity index (χ0v) is 16.1. The number of phenolic OH excluding ortho intramolecular Hbond substituents is 1. The predicted octanol–water partition coefficient (Wildman–Crippen LogP) is 4.50. The molecule has 2 aromatic carbocycles. The molecule has 2 aromatic rings. The van der Waals surface area contributed by atoms with Gasteiger partial charge in [-0.2, -0.15) is 18.3 Å². The summed E-state index contributed by atoms with van der Waals surface area (Å²) in [5.74, 6) is -0.493. The van der Waals surface area contributed by atoms with E-state index in [-0.39, 0.29) is 18.0 Å². The third kappa shape index (κ3) is 5.73. The molecular formula is C16H12Br2F3N3O2. The van der Waals surface area contributed by atoms with E-state index in [4.69, 9.17) is 0 Å². The molecule has 2 rings (SSSR count). The van der Waals surface area contributed by atoms with Crippen molar-refractivity contribution < 1.29 is 23.1 Å². The van der Waals surface area contributed by atoms with E-state index in [1.165, 1.54) is 18.3 Å². The molecule has 0 bridgehead atoms. The molecule has 1 amide bonds. The Bertz CT molecular complexity index is 819. The lowest BCUT2D eigenvalue weighted by Gasteiger charge is -2.10. The Labute approximate surface area is 163 Å². The fourth-order valence-corrected chi connectivity index (χ4v) is 3.09. The number of hydrogen-bond acceptors (Lipinski definition) is 4. The van der Waals surface area contributed by atoms with Crippen LogP contribution in [0.25, 0.3) is 0 Å². The molecule has 0 aliphatic heterocycles. The van der Waals surface area contributed by atoms with Crippen LogP contribution >= 0.6 is 31.9 Å². The van der Waals surface area contributed by atoms with Crippen molar-refractivity contribution in [2.24, 2.45) is 5.10 Å². The normalized spacial score (nSPS) is 11.6. The zero-order chi connectivity index (χ0) is 19.3. The number of benzene rings is 2. The van der Waals surface area contributed by atoms with Gasteiger partial charge in [0.15, 0.2) is 0 Å². The summed E-state index contributed by atoms with van der Waals surface area (Å²) in [5.41, 5.74) is 2.23. The van der Waals surface area contributed by atoms with Crippen molar-refractivity contribution in [2.75, 3.05) is 11.9 Å². The summed E-state index contributed by atoms with van der Waals surface area (Å²) in [7, 11) is 0. The van der Waals surface area contributed by atoms with Crippen LogP contribution in [0.4, 0.5) is 18.9 Å². The maximum Gasteiger partial charge on any atom is 0.416 e. The number of carbonyl (C=O) groups is 1. The number of halogens is 5. The second-order valence-corrected chi connectivity index (χ2v) is 6.77. The Balaban J connectivity index is 1.90. The van der Waals surface area contributed by atoms with Crippen molar-refractivity contribution in [1.29, 1.82) is 0 Å². The van der Waals surface area contributed by atoms with E-state index in [9.17, 15) is 23.1 Å². The highest BCUT2D eigenvalue weighted by Gasteiger charge is 2.30. The number of phenols is 1. The van der Waals surface area contributed by atoms with Crippen LogP contribution in [-0.4, -0.2) is 23.8 Å². The van der Waals surface area contributed by atoms with E-state index < -0.39 is 17.6 Å². The molecule has 0 saturated carbocycles. The number of alkyl halides is 3. The molecule has 0 aliphatic carbocycles. The molecule has 5 nitrogen and oxygen atoms in total. The van der Waals surface area contributed by atoms with Gasteiger partial charge in [0.05, 0.1) is 27.3 Å². The molecule has 138 valence electrons. The standard InChI is InChI=1S/C16H12Br2F3N3O2/c17-12-4-9(5-13(18)15(12)26)7-23-24-14(25)8-22-11-3-1-2-10(6-11)16(19,20)21/h1-7,22,26H,8H2,(H,24,25)/b23-7-. The zero-order valence-electron chi connectivity index (χ0n) is 12.9. The average Bonchev–Trinajstić information content (AvgIpc) is 2.57. The van der Waals surface area contributed by atoms with Gasteiger partial charge in [-0.25, -0.2) is 5.43 Å². The third-order valence-electron chi connectivity index (χ3n) is 3.09. The van der Waals surface area contributed by atoms with Gasteiger partial charge in [0.2, 0.25) is 0 Å². The Morgan fingerprint density at radius 1 is 1.19 bits per heavy atom. The van der Waals surface area contributed by atoms with Crippen LogP contribution < -0.4 is 10.7 Å². The molecule has 0 fully saturated rings. The summed E-state index contributed by atoms with van der Waals surface area (Å²) >= 11 is 6.34. The SMILES string of the molecule is O=C(CNc1cccc(C(F)(F)F)c1)N/N=C\c1cc(Br)c(O)c(Br)c1. The molecule has 26 heavy (non-hydrogen) atoms. The third-order valence-corrected chi connectivity index (χ3v) is 4.29. The molecule has 0 atom stereocenters. The van der Waals surface area contributed by atoms with Crippen LogP contribution in [0.2, 0.25) is 0 Å². The van der Waals surface area contributed by atoms with Crippen LogP contribution in [0.15, 0.2) is 50.4 Å². The van der Waals surface area contributed by atoms with Gasteiger partial charge in [-0.05, 0) is 67.8 Å². The minimum absolute atomic E-state index is 0.0384. The Morgan fingerprint density at radius 3 is 2.46 bits per heavy atom. The molecule has 0 spiro atoms. The fraction of sp³-hybridized carbons (Fsp3) is 0.125. The first kappa shape index (κ1) is 20.2. The van der Waals surface area contributed by atoms with Crippen LogP contribution in [-0.2, 0) is 11.0 Å². The number of hydrogen-bond donors (Lipinski definition) is 3. The molecular weight excluding hydrogens is 483 g/mol. The summed E-state index contributed by atoms with van der Waals surface area (Å²) in [5, 5.41) is 16.0. The maximum absolute atomic E-state index is 12.6.